The van der Waals surface area contributed by atoms with Gasteiger partial charge in [0.05, 0.1) is 18.5 Å². The van der Waals surface area contributed by atoms with Gasteiger partial charge in [0.25, 0.3) is 6.04 Å². The maximum atomic E-state index is 12.1. The number of fused-ring (bicyclic) bond motifs is 1. The van der Waals surface area contributed by atoms with Crippen molar-refractivity contribution in [2.75, 3.05) is 40.1 Å². The molecule has 11 nitrogen and oxygen atoms in total. The Hall–Kier alpha value is -3.83. The average molecular weight is 479 g/mol. The van der Waals surface area contributed by atoms with Crippen LogP contribution in [0.25, 0.3) is 22.3 Å². The third kappa shape index (κ3) is 4.86. The fourth-order valence-electron chi connectivity index (χ4n) is 4.28. The summed E-state index contributed by atoms with van der Waals surface area (Å²) in [5.41, 5.74) is 1.95. The molecule has 3 aromatic heterocycles. The van der Waals surface area contributed by atoms with Gasteiger partial charge in [0.2, 0.25) is 5.95 Å². The molecule has 0 spiro atoms. The molecule has 4 rings (SSSR count). The van der Waals surface area contributed by atoms with Gasteiger partial charge < -0.3 is 24.8 Å². The van der Waals surface area contributed by atoms with E-state index in [0.717, 1.165) is 16.6 Å². The van der Waals surface area contributed by atoms with Gasteiger partial charge >= 0.3 is 0 Å². The topological polar surface area (TPSA) is 123 Å². The zero-order valence-electron chi connectivity index (χ0n) is 20.5. The summed E-state index contributed by atoms with van der Waals surface area (Å²) in [5, 5.41) is 19.4. The second kappa shape index (κ2) is 9.80. The number of rotatable bonds is 9. The summed E-state index contributed by atoms with van der Waals surface area (Å²) >= 11 is 0. The quantitative estimate of drug-likeness (QED) is 0.352. The molecular weight excluding hydrogens is 448 g/mol. The number of pyridine rings is 1. The summed E-state index contributed by atoms with van der Waals surface area (Å²) < 4.78 is 7.57. The fraction of sp³-hybridized carbons (Fsp3) is 0.375. The van der Waals surface area contributed by atoms with Crippen LogP contribution in [0.4, 0.5) is 5.95 Å². The smallest absolute Gasteiger partial charge is 0.255 e. The highest BCUT2D eigenvalue weighted by molar-refractivity contribution is 5.81. The van der Waals surface area contributed by atoms with Crippen molar-refractivity contribution in [2.24, 2.45) is 7.05 Å². The van der Waals surface area contributed by atoms with Gasteiger partial charge in [0.1, 0.15) is 16.9 Å². The Kier molecular flexibility index (Phi) is 6.81. The van der Waals surface area contributed by atoms with Crippen molar-refractivity contribution in [3.05, 3.63) is 70.5 Å². The first-order chi connectivity index (χ1) is 16.8. The maximum absolute atomic E-state index is 12.1. The largest absolute Gasteiger partial charge is 0.495 e. The lowest BCUT2D eigenvalue weighted by Crippen LogP contribution is -2.57. The standard InChI is InChI=1S/C24H30N8O3/c1-25-24(8-11-30(2)3)14-20(35-5)19(13-21(24)32(33)34)29-23-26-9-6-18(28-23)17-12-16-7-10-31(4)22(16)27-15-17/h6-7,9-10,12-15,21,25H,8,11H2,1-5H3,(H,26,28,29). The third-order valence-corrected chi connectivity index (χ3v) is 6.30. The van der Waals surface area contributed by atoms with E-state index in [4.69, 9.17) is 4.74 Å². The van der Waals surface area contributed by atoms with Crippen LogP contribution in [0, 0.1) is 10.1 Å². The zero-order valence-corrected chi connectivity index (χ0v) is 20.5. The minimum atomic E-state index is -1.01. The first-order valence-electron chi connectivity index (χ1n) is 11.2. The van der Waals surface area contributed by atoms with Gasteiger partial charge in [-0.05, 0) is 58.4 Å². The highest BCUT2D eigenvalue weighted by atomic mass is 16.6. The molecule has 2 unspecified atom stereocenters. The van der Waals surface area contributed by atoms with Gasteiger partial charge in [0.15, 0.2) is 0 Å². The second-order valence-corrected chi connectivity index (χ2v) is 8.82. The lowest BCUT2D eigenvalue weighted by Gasteiger charge is -2.36. The number of ether oxygens (including phenoxy) is 1. The van der Waals surface area contributed by atoms with Crippen molar-refractivity contribution in [1.82, 2.24) is 29.7 Å². The van der Waals surface area contributed by atoms with E-state index in [-0.39, 0.29) is 4.92 Å². The van der Waals surface area contributed by atoms with E-state index >= 15 is 0 Å². The Morgan fingerprint density at radius 2 is 2.11 bits per heavy atom. The van der Waals surface area contributed by atoms with Crippen LogP contribution in [-0.2, 0) is 11.8 Å². The normalized spacial score (nSPS) is 20.0. The average Bonchev–Trinajstić information content (AvgIpc) is 3.23. The first kappa shape index (κ1) is 24.3. The van der Waals surface area contributed by atoms with E-state index in [1.807, 2.05) is 48.9 Å². The van der Waals surface area contributed by atoms with E-state index in [0.29, 0.717) is 36.1 Å². The van der Waals surface area contributed by atoms with E-state index < -0.39 is 11.6 Å². The first-order valence-corrected chi connectivity index (χ1v) is 11.2. The number of hydrogen-bond donors (Lipinski definition) is 2. The van der Waals surface area contributed by atoms with Crippen LogP contribution >= 0.6 is 0 Å². The third-order valence-electron chi connectivity index (χ3n) is 6.30. The van der Waals surface area contributed by atoms with Gasteiger partial charge in [-0.3, -0.25) is 10.1 Å². The maximum Gasteiger partial charge on any atom is 0.255 e. The molecule has 184 valence electrons. The van der Waals surface area contributed by atoms with Gasteiger partial charge in [-0.1, -0.05) is 0 Å². The Bertz CT molecular complexity index is 1300. The van der Waals surface area contributed by atoms with Crippen molar-refractivity contribution in [3.63, 3.8) is 0 Å². The Balaban J connectivity index is 1.65. The van der Waals surface area contributed by atoms with Gasteiger partial charge in [0, 0.05) is 47.6 Å². The number of nitro groups is 1. The molecule has 1 aliphatic carbocycles. The van der Waals surface area contributed by atoms with Crippen molar-refractivity contribution >= 4 is 17.0 Å². The second-order valence-electron chi connectivity index (χ2n) is 8.82. The highest BCUT2D eigenvalue weighted by Gasteiger charge is 2.46. The molecule has 0 saturated carbocycles. The van der Waals surface area contributed by atoms with Gasteiger partial charge in [-0.2, -0.15) is 0 Å². The molecule has 2 N–H and O–H groups in total. The molecule has 0 fully saturated rings. The number of nitrogens with one attached hydrogen (secondary N) is 2. The SMILES string of the molecule is CNC1(CCN(C)C)C=C(OC)C(Nc2nccc(-c3cnc4c(ccn4C)c3)n2)=CC1[N+](=O)[O-]. The predicted octanol–water partition coefficient (Wildman–Crippen LogP) is 2.43. The molecule has 0 aromatic carbocycles. The summed E-state index contributed by atoms with van der Waals surface area (Å²) in [4.78, 5) is 27.3. The number of anilines is 1. The number of nitrogens with zero attached hydrogens (tertiary/aromatic N) is 6. The van der Waals surface area contributed by atoms with E-state index in [2.05, 4.69) is 25.6 Å². The van der Waals surface area contributed by atoms with Crippen LogP contribution in [0.3, 0.4) is 0 Å². The zero-order chi connectivity index (χ0) is 25.2. The van der Waals surface area contributed by atoms with Gasteiger partial charge in [-0.15, -0.1) is 0 Å². The summed E-state index contributed by atoms with van der Waals surface area (Å²) in [6, 6.07) is 4.80. The van der Waals surface area contributed by atoms with Gasteiger partial charge in [-0.25, -0.2) is 15.0 Å². The molecule has 11 heteroatoms. The van der Waals surface area contributed by atoms with Crippen LogP contribution < -0.4 is 10.6 Å². The van der Waals surface area contributed by atoms with Crippen LogP contribution in [0.1, 0.15) is 6.42 Å². The van der Waals surface area contributed by atoms with E-state index in [1.165, 1.54) is 7.11 Å². The number of aromatic nitrogens is 4. The molecule has 1 aliphatic rings. The Morgan fingerprint density at radius 1 is 1.31 bits per heavy atom. The summed E-state index contributed by atoms with van der Waals surface area (Å²) in [6.07, 6.45) is 9.24. The minimum Gasteiger partial charge on any atom is -0.495 e. The summed E-state index contributed by atoms with van der Waals surface area (Å²) in [6.45, 7) is 0.667. The molecule has 3 aromatic rings. The van der Waals surface area contributed by atoms with Crippen molar-refractivity contribution in [1.29, 1.82) is 0 Å². The lowest BCUT2D eigenvalue weighted by atomic mass is 9.82. The van der Waals surface area contributed by atoms with E-state index in [1.54, 1.807) is 37.7 Å². The molecule has 0 radical (unpaired) electrons. The number of hydrogen-bond acceptors (Lipinski definition) is 9. The molecule has 0 bridgehead atoms. The molecular formula is C24H30N8O3. The fourth-order valence-corrected chi connectivity index (χ4v) is 4.28. The Labute approximate surface area is 203 Å². The molecule has 2 atom stereocenters. The molecule has 35 heavy (non-hydrogen) atoms. The summed E-state index contributed by atoms with van der Waals surface area (Å²) in [7, 11) is 9.09. The number of methoxy groups -OCH3 is 1. The lowest BCUT2D eigenvalue weighted by molar-refractivity contribution is -0.519. The minimum absolute atomic E-state index is 0.283. The predicted molar refractivity (Wildman–Crippen MR) is 134 cm³/mol. The monoisotopic (exact) mass is 478 g/mol. The highest BCUT2D eigenvalue weighted by Crippen LogP contribution is 2.32. The summed E-state index contributed by atoms with van der Waals surface area (Å²) in [5.74, 6) is 0.787. The number of aryl methyl sites for hydroxylation is 1. The number of likely N-dealkylation sites (N-methyl/N-ethyl adjacent to an activating group) is 1. The van der Waals surface area contributed by atoms with Crippen LogP contribution in [0.2, 0.25) is 0 Å². The van der Waals surface area contributed by atoms with Crippen LogP contribution in [-0.4, -0.2) is 75.7 Å². The van der Waals surface area contributed by atoms with E-state index in [9.17, 15) is 10.1 Å². The molecule has 0 saturated heterocycles. The van der Waals surface area contributed by atoms with Crippen LogP contribution in [0.5, 0.6) is 0 Å². The molecule has 3 heterocycles. The van der Waals surface area contributed by atoms with Crippen molar-refractivity contribution in [2.45, 2.75) is 18.0 Å². The molecule has 0 aliphatic heterocycles. The Morgan fingerprint density at radius 3 is 2.80 bits per heavy atom. The van der Waals surface area contributed by atoms with Crippen LogP contribution in [0.15, 0.2) is 60.4 Å². The van der Waals surface area contributed by atoms with Crippen molar-refractivity contribution < 1.29 is 9.66 Å². The molecule has 0 amide bonds. The van der Waals surface area contributed by atoms with Crippen molar-refractivity contribution in [3.8, 4) is 11.3 Å².